The first-order valence-electron chi connectivity index (χ1n) is 13.4. The van der Waals surface area contributed by atoms with Crippen LogP contribution in [0, 0.1) is 5.82 Å². The van der Waals surface area contributed by atoms with E-state index in [-0.39, 0.29) is 40.6 Å². The summed E-state index contributed by atoms with van der Waals surface area (Å²) >= 11 is 1.10. The first-order chi connectivity index (χ1) is 20.8. The third-order valence-corrected chi connectivity index (χ3v) is 8.44. The normalized spacial score (nSPS) is 16.9. The molecule has 1 amide bonds. The average molecular weight is 596 g/mol. The zero-order chi connectivity index (χ0) is 30.2. The Morgan fingerprint density at radius 1 is 1.07 bits per heavy atom. The van der Waals surface area contributed by atoms with Gasteiger partial charge in [0.1, 0.15) is 22.7 Å². The maximum absolute atomic E-state index is 14.3. The highest BCUT2D eigenvalue weighted by molar-refractivity contribution is 7.07. The Kier molecular flexibility index (Phi) is 7.37. The van der Waals surface area contributed by atoms with Gasteiger partial charge in [-0.1, -0.05) is 66.5 Å². The van der Waals surface area contributed by atoms with Crippen LogP contribution in [0.2, 0.25) is 0 Å². The number of ether oxygens (including phenoxy) is 2. The molecule has 4 aromatic rings. The van der Waals surface area contributed by atoms with Gasteiger partial charge in [0.25, 0.3) is 11.5 Å². The molecule has 0 N–H and O–H groups in total. The highest BCUT2D eigenvalue weighted by Crippen LogP contribution is 2.37. The summed E-state index contributed by atoms with van der Waals surface area (Å²) in [5.74, 6) is -0.719. The van der Waals surface area contributed by atoms with Gasteiger partial charge in [0.05, 0.1) is 42.2 Å². The van der Waals surface area contributed by atoms with E-state index in [4.69, 9.17) is 9.47 Å². The minimum atomic E-state index is -0.851. The van der Waals surface area contributed by atoms with Crippen molar-refractivity contribution in [2.75, 3.05) is 18.6 Å². The molecule has 1 atom stereocenters. The van der Waals surface area contributed by atoms with E-state index in [0.717, 1.165) is 16.9 Å². The van der Waals surface area contributed by atoms with Gasteiger partial charge < -0.3 is 14.4 Å². The zero-order valence-corrected chi connectivity index (χ0v) is 24.2. The van der Waals surface area contributed by atoms with Crippen molar-refractivity contribution in [3.63, 3.8) is 0 Å². The van der Waals surface area contributed by atoms with Gasteiger partial charge in [0.15, 0.2) is 4.80 Å². The largest absolute Gasteiger partial charge is 0.497 e. The third-order valence-electron chi connectivity index (χ3n) is 7.39. The Hall–Kier alpha value is -5.09. The SMILES string of the molecule is C=CCOC(=O)C1=C(C)N=c2sc(=C3C(=O)N(Cc4ccc(F)cc4)c4ccccc43)c(=O)n2C1c1ccc(OC)cc1. The number of amides is 1. The Balaban J connectivity index is 1.55. The smallest absolute Gasteiger partial charge is 0.338 e. The van der Waals surface area contributed by atoms with Gasteiger partial charge in [-0.3, -0.25) is 14.2 Å². The maximum atomic E-state index is 14.3. The Bertz CT molecular complexity index is 1990. The molecule has 3 aromatic carbocycles. The van der Waals surface area contributed by atoms with Crippen molar-refractivity contribution < 1.29 is 23.5 Å². The van der Waals surface area contributed by atoms with Gasteiger partial charge in [0, 0.05) is 5.56 Å². The number of hydrogen-bond acceptors (Lipinski definition) is 7. The quantitative estimate of drug-likeness (QED) is 0.238. The van der Waals surface area contributed by atoms with Gasteiger partial charge >= 0.3 is 5.97 Å². The number of carbonyl (C=O) groups is 2. The molecule has 43 heavy (non-hydrogen) atoms. The second-order valence-corrected chi connectivity index (χ2v) is 11.0. The number of rotatable bonds is 7. The van der Waals surface area contributed by atoms with Crippen LogP contribution >= 0.6 is 11.3 Å². The van der Waals surface area contributed by atoms with Crippen LogP contribution in [0.5, 0.6) is 5.75 Å². The number of fused-ring (bicyclic) bond motifs is 2. The summed E-state index contributed by atoms with van der Waals surface area (Å²) < 4.78 is 25.9. The van der Waals surface area contributed by atoms with Crippen LogP contribution in [0.25, 0.3) is 5.57 Å². The second-order valence-electron chi connectivity index (χ2n) is 9.97. The monoisotopic (exact) mass is 595 g/mol. The number of thiazole rings is 1. The fraction of sp³-hybridized carbons (Fsp3) is 0.152. The minimum absolute atomic E-state index is 0.00527. The molecule has 0 fully saturated rings. The molecule has 0 spiro atoms. The van der Waals surface area contributed by atoms with Crippen molar-refractivity contribution in [1.29, 1.82) is 0 Å². The van der Waals surface area contributed by atoms with Crippen LogP contribution in [0.4, 0.5) is 10.1 Å². The molecule has 0 bridgehead atoms. The van der Waals surface area contributed by atoms with Crippen LogP contribution in [0.3, 0.4) is 0 Å². The molecule has 0 radical (unpaired) electrons. The molecular formula is C33H26FN3O5S. The molecule has 0 aliphatic carbocycles. The lowest BCUT2D eigenvalue weighted by molar-refractivity contribution is -0.138. The predicted molar refractivity (Wildman–Crippen MR) is 161 cm³/mol. The molecule has 3 heterocycles. The van der Waals surface area contributed by atoms with Gasteiger partial charge in [-0.15, -0.1) is 0 Å². The van der Waals surface area contributed by atoms with Crippen molar-refractivity contribution in [2.24, 2.45) is 4.99 Å². The van der Waals surface area contributed by atoms with E-state index < -0.39 is 17.6 Å². The summed E-state index contributed by atoms with van der Waals surface area (Å²) in [4.78, 5) is 48.2. The van der Waals surface area contributed by atoms with E-state index in [0.29, 0.717) is 33.1 Å². The second kappa shape index (κ2) is 11.3. The van der Waals surface area contributed by atoms with Crippen molar-refractivity contribution in [2.45, 2.75) is 19.5 Å². The molecule has 1 aromatic heterocycles. The lowest BCUT2D eigenvalue weighted by atomic mass is 9.96. The molecule has 10 heteroatoms. The summed E-state index contributed by atoms with van der Waals surface area (Å²) in [7, 11) is 1.55. The first-order valence-corrected chi connectivity index (χ1v) is 14.3. The van der Waals surface area contributed by atoms with E-state index in [1.165, 1.54) is 22.8 Å². The number of para-hydroxylation sites is 1. The Morgan fingerprint density at radius 3 is 2.49 bits per heavy atom. The standard InChI is InChI=1S/C33H26FN3O5S/c1-4-17-42-32(40)26-19(2)35-33-37(28(26)21-11-15-23(41-3)16-12-21)31(39)29(43-33)27-24-7-5-6-8-25(24)36(30(27)38)18-20-9-13-22(34)14-10-20/h4-16,28H,1,17-18H2,2-3H3. The van der Waals surface area contributed by atoms with E-state index in [2.05, 4.69) is 11.6 Å². The van der Waals surface area contributed by atoms with Gasteiger partial charge in [-0.05, 0) is 48.4 Å². The van der Waals surface area contributed by atoms with Crippen molar-refractivity contribution in [3.8, 4) is 5.75 Å². The number of hydrogen-bond donors (Lipinski definition) is 0. The summed E-state index contributed by atoms with van der Waals surface area (Å²) in [6.07, 6.45) is 1.47. The van der Waals surface area contributed by atoms with Gasteiger partial charge in [-0.25, -0.2) is 14.2 Å². The van der Waals surface area contributed by atoms with Crippen molar-refractivity contribution >= 4 is 34.5 Å². The number of allylic oxidation sites excluding steroid dienone is 1. The fourth-order valence-corrected chi connectivity index (χ4v) is 6.51. The Labute approximate surface area is 250 Å². The summed E-state index contributed by atoms with van der Waals surface area (Å²) in [5, 5.41) is 0. The Morgan fingerprint density at radius 2 is 1.79 bits per heavy atom. The van der Waals surface area contributed by atoms with Gasteiger partial charge in [-0.2, -0.15) is 0 Å². The number of benzene rings is 3. The number of esters is 1. The van der Waals surface area contributed by atoms with Crippen LogP contribution < -0.4 is 24.5 Å². The van der Waals surface area contributed by atoms with Crippen LogP contribution in [0.15, 0.2) is 107 Å². The molecule has 216 valence electrons. The highest BCUT2D eigenvalue weighted by Gasteiger charge is 2.37. The number of nitrogens with zero attached hydrogens (tertiary/aromatic N) is 3. The average Bonchev–Trinajstić information content (AvgIpc) is 3.48. The molecular weight excluding hydrogens is 569 g/mol. The lowest BCUT2D eigenvalue weighted by Gasteiger charge is -2.24. The lowest BCUT2D eigenvalue weighted by Crippen LogP contribution is -2.41. The summed E-state index contributed by atoms with van der Waals surface area (Å²) in [6, 6.07) is 19.4. The summed E-state index contributed by atoms with van der Waals surface area (Å²) in [6.45, 7) is 5.50. The van der Waals surface area contributed by atoms with Crippen LogP contribution in [-0.4, -0.2) is 30.2 Å². The highest BCUT2D eigenvalue weighted by atomic mass is 32.1. The van der Waals surface area contributed by atoms with E-state index in [1.54, 1.807) is 61.4 Å². The third kappa shape index (κ3) is 4.89. The number of aromatic nitrogens is 1. The van der Waals surface area contributed by atoms with Crippen molar-refractivity contribution in [3.05, 3.63) is 139 Å². The molecule has 0 saturated carbocycles. The maximum Gasteiger partial charge on any atom is 0.338 e. The minimum Gasteiger partial charge on any atom is -0.497 e. The van der Waals surface area contributed by atoms with E-state index >= 15 is 0 Å². The molecule has 6 rings (SSSR count). The number of anilines is 1. The molecule has 2 aliphatic heterocycles. The topological polar surface area (TPSA) is 90.2 Å². The molecule has 0 saturated heterocycles. The van der Waals surface area contributed by atoms with Gasteiger partial charge in [0.2, 0.25) is 0 Å². The predicted octanol–water partition coefficient (Wildman–Crippen LogP) is 4.03. The zero-order valence-electron chi connectivity index (χ0n) is 23.4. The van der Waals surface area contributed by atoms with Crippen LogP contribution in [-0.2, 0) is 20.9 Å². The molecule has 8 nitrogen and oxygen atoms in total. The molecule has 1 unspecified atom stereocenters. The number of halogens is 1. The van der Waals surface area contributed by atoms with E-state index in [9.17, 15) is 18.8 Å². The number of carbonyl (C=O) groups excluding carboxylic acids is 2. The summed E-state index contributed by atoms with van der Waals surface area (Å²) in [5.41, 5.74) is 3.08. The van der Waals surface area contributed by atoms with Crippen molar-refractivity contribution in [1.82, 2.24) is 4.57 Å². The fourth-order valence-electron chi connectivity index (χ4n) is 5.38. The number of methoxy groups -OCH3 is 1. The first kappa shape index (κ1) is 28.0. The van der Waals surface area contributed by atoms with E-state index in [1.807, 2.05) is 18.2 Å². The van der Waals surface area contributed by atoms with Crippen LogP contribution in [0.1, 0.15) is 29.7 Å². The molecule has 2 aliphatic rings.